The van der Waals surface area contributed by atoms with Gasteiger partial charge in [-0.1, -0.05) is 12.1 Å². The van der Waals surface area contributed by atoms with E-state index >= 15 is 0 Å². The van der Waals surface area contributed by atoms with Gasteiger partial charge >= 0.3 is 5.69 Å². The lowest BCUT2D eigenvalue weighted by Crippen LogP contribution is -2.14. The number of aromatic amines is 1. The van der Waals surface area contributed by atoms with Gasteiger partial charge in [-0.05, 0) is 12.1 Å². The van der Waals surface area contributed by atoms with Gasteiger partial charge in [0, 0.05) is 12.4 Å². The third-order valence-corrected chi connectivity index (χ3v) is 1.76. The van der Waals surface area contributed by atoms with Crippen molar-refractivity contribution in [1.82, 2.24) is 9.55 Å². The summed E-state index contributed by atoms with van der Waals surface area (Å²) in [7, 11) is 0. The number of imidazole rings is 1. The number of rotatable bonds is 1. The van der Waals surface area contributed by atoms with Crippen LogP contribution in [0.2, 0.25) is 0 Å². The van der Waals surface area contributed by atoms with Crippen molar-refractivity contribution in [2.75, 3.05) is 0 Å². The van der Waals surface area contributed by atoms with Gasteiger partial charge in [-0.3, -0.25) is 4.57 Å². The molecule has 3 nitrogen and oxygen atoms in total. The fraction of sp³-hybridized carbons (Fsp3) is 0. The lowest BCUT2D eigenvalue weighted by atomic mass is 10.3. The normalized spacial score (nSPS) is 10.2. The van der Waals surface area contributed by atoms with Gasteiger partial charge in [0.2, 0.25) is 0 Å². The Morgan fingerprint density at radius 3 is 2.69 bits per heavy atom. The zero-order chi connectivity index (χ0) is 9.26. The highest BCUT2D eigenvalue weighted by Gasteiger charge is 2.04. The van der Waals surface area contributed by atoms with Crippen LogP contribution in [0.3, 0.4) is 0 Å². The Hall–Kier alpha value is -1.84. The number of nitrogens with zero attached hydrogens (tertiary/aromatic N) is 1. The molecule has 4 heteroatoms. The van der Waals surface area contributed by atoms with Gasteiger partial charge in [0.05, 0.1) is 5.69 Å². The van der Waals surface area contributed by atoms with Gasteiger partial charge in [0.1, 0.15) is 5.82 Å². The van der Waals surface area contributed by atoms with E-state index in [0.717, 1.165) is 0 Å². The largest absolute Gasteiger partial charge is 0.330 e. The number of benzene rings is 1. The van der Waals surface area contributed by atoms with E-state index < -0.39 is 5.82 Å². The molecule has 0 aliphatic heterocycles. The quantitative estimate of drug-likeness (QED) is 0.702. The van der Waals surface area contributed by atoms with Crippen LogP contribution in [0, 0.1) is 5.82 Å². The maximum Gasteiger partial charge on any atom is 0.330 e. The van der Waals surface area contributed by atoms with E-state index in [1.807, 2.05) is 0 Å². The zero-order valence-electron chi connectivity index (χ0n) is 6.70. The second kappa shape index (κ2) is 2.90. The summed E-state index contributed by atoms with van der Waals surface area (Å²) in [5.41, 5.74) is -0.0844. The van der Waals surface area contributed by atoms with Gasteiger partial charge in [-0.25, -0.2) is 9.18 Å². The Morgan fingerprint density at radius 1 is 1.31 bits per heavy atom. The lowest BCUT2D eigenvalue weighted by molar-refractivity contribution is 0.616. The molecule has 13 heavy (non-hydrogen) atoms. The molecule has 0 atom stereocenters. The van der Waals surface area contributed by atoms with Crippen molar-refractivity contribution in [3.8, 4) is 5.69 Å². The Kier molecular flexibility index (Phi) is 1.73. The molecule has 0 saturated heterocycles. The summed E-state index contributed by atoms with van der Waals surface area (Å²) < 4.78 is 14.4. The van der Waals surface area contributed by atoms with Gasteiger partial charge in [-0.15, -0.1) is 0 Å². The summed E-state index contributed by atoms with van der Waals surface area (Å²) in [4.78, 5) is 13.5. The molecule has 0 spiro atoms. The minimum atomic E-state index is -0.413. The molecule has 1 aromatic heterocycles. The van der Waals surface area contributed by atoms with Crippen LogP contribution in [-0.4, -0.2) is 9.55 Å². The maximum absolute atomic E-state index is 13.2. The highest BCUT2D eigenvalue weighted by molar-refractivity contribution is 5.32. The molecule has 2 rings (SSSR count). The van der Waals surface area contributed by atoms with Crippen LogP contribution >= 0.6 is 0 Å². The molecule has 0 saturated carbocycles. The van der Waals surface area contributed by atoms with E-state index in [9.17, 15) is 9.18 Å². The summed E-state index contributed by atoms with van der Waals surface area (Å²) in [6, 6.07) is 6.12. The van der Waals surface area contributed by atoms with Crippen LogP contribution in [0.25, 0.3) is 5.69 Å². The second-order valence-corrected chi connectivity index (χ2v) is 2.59. The third-order valence-electron chi connectivity index (χ3n) is 1.76. The lowest BCUT2D eigenvalue weighted by Gasteiger charge is -2.00. The number of aromatic nitrogens is 2. The van der Waals surface area contributed by atoms with E-state index in [2.05, 4.69) is 4.98 Å². The van der Waals surface area contributed by atoms with Gasteiger partial charge in [0.25, 0.3) is 0 Å². The Morgan fingerprint density at radius 2 is 2.08 bits per heavy atom. The number of H-pyrrole nitrogens is 1. The number of hydrogen-bond acceptors (Lipinski definition) is 1. The molecular weight excluding hydrogens is 171 g/mol. The molecule has 0 aliphatic carbocycles. The summed E-state index contributed by atoms with van der Waals surface area (Å²) in [6.07, 6.45) is 2.95. The number of hydrogen-bond donors (Lipinski definition) is 1. The summed E-state index contributed by atoms with van der Waals surface area (Å²) >= 11 is 0. The molecule has 2 aromatic rings. The van der Waals surface area contributed by atoms with E-state index in [1.54, 1.807) is 18.2 Å². The highest BCUT2D eigenvalue weighted by atomic mass is 19.1. The van der Waals surface area contributed by atoms with Crippen LogP contribution < -0.4 is 5.69 Å². The molecule has 0 aliphatic rings. The topological polar surface area (TPSA) is 37.8 Å². The predicted octanol–water partition coefficient (Wildman–Crippen LogP) is 1.30. The molecule has 1 heterocycles. The van der Waals surface area contributed by atoms with Crippen LogP contribution in [0.15, 0.2) is 41.5 Å². The third kappa shape index (κ3) is 1.26. The zero-order valence-corrected chi connectivity index (χ0v) is 6.70. The SMILES string of the molecule is O=c1[nH]ccn1-c1ccccc1F. The van der Waals surface area contributed by atoms with E-state index in [1.165, 1.54) is 23.0 Å². The minimum absolute atomic E-state index is 0.258. The molecule has 0 radical (unpaired) electrons. The maximum atomic E-state index is 13.2. The van der Waals surface area contributed by atoms with Gasteiger partial charge in [0.15, 0.2) is 0 Å². The van der Waals surface area contributed by atoms with Crippen molar-refractivity contribution >= 4 is 0 Å². The van der Waals surface area contributed by atoms with Crippen molar-refractivity contribution in [1.29, 1.82) is 0 Å². The monoisotopic (exact) mass is 178 g/mol. The van der Waals surface area contributed by atoms with Crippen molar-refractivity contribution in [2.45, 2.75) is 0 Å². The minimum Gasteiger partial charge on any atom is -0.312 e. The average molecular weight is 178 g/mol. The Balaban J connectivity index is 2.66. The van der Waals surface area contributed by atoms with Crippen molar-refractivity contribution in [2.24, 2.45) is 0 Å². The van der Waals surface area contributed by atoms with Gasteiger partial charge in [-0.2, -0.15) is 0 Å². The van der Waals surface area contributed by atoms with Crippen LogP contribution in [0.1, 0.15) is 0 Å². The first kappa shape index (κ1) is 7.79. The van der Waals surface area contributed by atoms with Crippen LogP contribution in [0.5, 0.6) is 0 Å². The standard InChI is InChI=1S/C9H7FN2O/c10-7-3-1-2-4-8(7)12-6-5-11-9(12)13/h1-6H,(H,11,13). The molecule has 0 amide bonds. The summed E-state index contributed by atoms with van der Waals surface area (Å²) in [5.74, 6) is -0.413. The fourth-order valence-corrected chi connectivity index (χ4v) is 1.16. The molecule has 1 N–H and O–H groups in total. The van der Waals surface area contributed by atoms with E-state index in [0.29, 0.717) is 0 Å². The first-order valence-corrected chi connectivity index (χ1v) is 3.80. The van der Waals surface area contributed by atoms with Crippen LogP contribution in [-0.2, 0) is 0 Å². The first-order valence-electron chi connectivity index (χ1n) is 3.80. The van der Waals surface area contributed by atoms with Crippen molar-refractivity contribution in [3.63, 3.8) is 0 Å². The highest BCUT2D eigenvalue weighted by Crippen LogP contribution is 2.09. The summed E-state index contributed by atoms with van der Waals surface area (Å²) in [5, 5.41) is 0. The average Bonchev–Trinajstić information content (AvgIpc) is 2.52. The molecule has 0 fully saturated rings. The first-order chi connectivity index (χ1) is 6.29. The van der Waals surface area contributed by atoms with Gasteiger partial charge < -0.3 is 4.98 Å². The molecule has 0 bridgehead atoms. The molecule has 0 unspecified atom stereocenters. The Labute approximate surface area is 73.5 Å². The van der Waals surface area contributed by atoms with Crippen molar-refractivity contribution < 1.29 is 4.39 Å². The van der Waals surface area contributed by atoms with E-state index in [-0.39, 0.29) is 11.4 Å². The van der Waals surface area contributed by atoms with Crippen molar-refractivity contribution in [3.05, 3.63) is 53.0 Å². The molecular formula is C9H7FN2O. The predicted molar refractivity (Wildman–Crippen MR) is 46.3 cm³/mol. The fourth-order valence-electron chi connectivity index (χ4n) is 1.16. The number of halogens is 1. The Bertz CT molecular complexity index is 472. The molecule has 66 valence electrons. The van der Waals surface area contributed by atoms with Crippen LogP contribution in [0.4, 0.5) is 4.39 Å². The second-order valence-electron chi connectivity index (χ2n) is 2.59. The smallest absolute Gasteiger partial charge is 0.312 e. The number of nitrogens with one attached hydrogen (secondary N) is 1. The summed E-state index contributed by atoms with van der Waals surface area (Å²) in [6.45, 7) is 0. The molecule has 1 aromatic carbocycles. The van der Waals surface area contributed by atoms with E-state index in [4.69, 9.17) is 0 Å². The number of para-hydroxylation sites is 1.